The molecule has 0 radical (unpaired) electrons. The summed E-state index contributed by atoms with van der Waals surface area (Å²) in [6, 6.07) is 1.65. The minimum atomic E-state index is -1.30. The molecule has 1 unspecified atom stereocenters. The van der Waals surface area contributed by atoms with Crippen LogP contribution in [0, 0.1) is 0 Å². The number of aromatic amines is 1. The maximum atomic E-state index is 12.2. The maximum Gasteiger partial charge on any atom is 0.322 e. The second-order valence-corrected chi connectivity index (χ2v) is 5.83. The number of ether oxygens (including phenoxy) is 1. The Hall–Kier alpha value is -1.64. The van der Waals surface area contributed by atoms with Crippen molar-refractivity contribution in [3.63, 3.8) is 0 Å². The lowest BCUT2D eigenvalue weighted by Gasteiger charge is -2.06. The lowest BCUT2D eigenvalue weighted by atomic mass is 10.5. The number of hydrogen-bond acceptors (Lipinski definition) is 6. The van der Waals surface area contributed by atoms with Crippen LogP contribution in [0.15, 0.2) is 28.2 Å². The number of thiophene rings is 1. The molecule has 0 aliphatic rings. The number of nitrogens with one attached hydrogen (secondary N) is 1. The van der Waals surface area contributed by atoms with E-state index in [2.05, 4.69) is 19.9 Å². The fourth-order valence-corrected chi connectivity index (χ4v) is 3.21. The van der Waals surface area contributed by atoms with Crippen LogP contribution >= 0.6 is 11.3 Å². The Balaban J connectivity index is 1.80. The van der Waals surface area contributed by atoms with Gasteiger partial charge in [0.1, 0.15) is 5.52 Å². The quantitative estimate of drug-likeness (QED) is 0.740. The van der Waals surface area contributed by atoms with E-state index in [1.807, 2.05) is 10.8 Å². The molecule has 98 valence electrons. The van der Waals surface area contributed by atoms with E-state index >= 15 is 0 Å². The fraction of sp³-hybridized carbons (Fsp3) is 0.182. The summed E-state index contributed by atoms with van der Waals surface area (Å²) >= 11 is 0.257. The van der Waals surface area contributed by atoms with Crippen molar-refractivity contribution in [1.82, 2.24) is 19.9 Å². The highest BCUT2D eigenvalue weighted by atomic mass is 32.2. The Morgan fingerprint density at radius 1 is 1.42 bits per heavy atom. The van der Waals surface area contributed by atoms with Crippen molar-refractivity contribution in [3.05, 3.63) is 28.8 Å². The first-order valence-corrected chi connectivity index (χ1v) is 7.68. The van der Waals surface area contributed by atoms with Gasteiger partial charge >= 0.3 is 5.16 Å². The van der Waals surface area contributed by atoms with Gasteiger partial charge in [0.05, 0.1) is 12.6 Å². The van der Waals surface area contributed by atoms with Crippen LogP contribution in [0.25, 0.3) is 11.0 Å². The third-order valence-electron chi connectivity index (χ3n) is 2.47. The lowest BCUT2D eigenvalue weighted by Crippen LogP contribution is -2.10. The number of imidazole rings is 1. The molecule has 0 aliphatic carbocycles. The van der Waals surface area contributed by atoms with Crippen molar-refractivity contribution < 1.29 is 9.29 Å². The summed E-state index contributed by atoms with van der Waals surface area (Å²) in [6.07, 6.45) is 1.58. The van der Waals surface area contributed by atoms with E-state index in [1.165, 1.54) is 7.11 Å². The van der Waals surface area contributed by atoms with E-state index in [4.69, 9.17) is 4.74 Å². The second-order valence-electron chi connectivity index (χ2n) is 3.72. The molecule has 3 heterocycles. The first-order chi connectivity index (χ1) is 9.26. The Bertz CT molecular complexity index is 668. The predicted octanol–water partition coefficient (Wildman–Crippen LogP) is 1.73. The van der Waals surface area contributed by atoms with Crippen molar-refractivity contribution in [3.8, 4) is 5.88 Å². The van der Waals surface area contributed by atoms with Crippen LogP contribution in [0.2, 0.25) is 0 Å². The molecule has 6 nitrogen and oxygen atoms in total. The Kier molecular flexibility index (Phi) is 3.36. The summed E-state index contributed by atoms with van der Waals surface area (Å²) in [4.78, 5) is 15.5. The highest BCUT2D eigenvalue weighted by Crippen LogP contribution is 2.20. The molecule has 8 heteroatoms. The molecule has 0 saturated heterocycles. The topological polar surface area (TPSA) is 86.8 Å². The summed E-state index contributed by atoms with van der Waals surface area (Å²) in [6.45, 7) is 0. The maximum absolute atomic E-state index is 12.2. The van der Waals surface area contributed by atoms with Gasteiger partial charge in [0.2, 0.25) is 5.88 Å². The monoisotopic (exact) mass is 294 g/mol. The third kappa shape index (κ3) is 2.55. The van der Waals surface area contributed by atoms with Crippen molar-refractivity contribution in [2.24, 2.45) is 0 Å². The molecular weight excluding hydrogens is 284 g/mol. The standard InChI is InChI=1S/C11H10N4O2S2/c1-17-10-2-3-12-9(15-10)6-19(16)11-13-7-4-18-5-8(7)14-11/h2-5H,6H2,1H3,(H,13,14). The van der Waals surface area contributed by atoms with E-state index in [0.717, 1.165) is 11.0 Å². The fourth-order valence-electron chi connectivity index (χ4n) is 1.58. The van der Waals surface area contributed by atoms with E-state index in [-0.39, 0.29) is 5.75 Å². The number of hydrogen-bond donors (Lipinski definition) is 1. The van der Waals surface area contributed by atoms with Crippen LogP contribution in [-0.4, -0.2) is 31.6 Å². The first kappa shape index (κ1) is 12.4. The Morgan fingerprint density at radius 3 is 3.11 bits per heavy atom. The van der Waals surface area contributed by atoms with Gasteiger partial charge in [-0.05, 0) is 0 Å². The Morgan fingerprint density at radius 2 is 2.32 bits per heavy atom. The molecule has 0 amide bonds. The molecule has 0 fully saturated rings. The van der Waals surface area contributed by atoms with Crippen LogP contribution in [0.1, 0.15) is 5.82 Å². The number of methoxy groups -OCH3 is 1. The zero-order valence-corrected chi connectivity index (χ0v) is 11.6. The third-order valence-corrected chi connectivity index (χ3v) is 4.35. The lowest BCUT2D eigenvalue weighted by molar-refractivity contribution is 0.395. The molecule has 0 saturated carbocycles. The van der Waals surface area contributed by atoms with Crippen molar-refractivity contribution in [1.29, 1.82) is 0 Å². The van der Waals surface area contributed by atoms with Gasteiger partial charge in [-0.25, -0.2) is 4.98 Å². The van der Waals surface area contributed by atoms with Gasteiger partial charge in [0, 0.05) is 34.2 Å². The minimum absolute atomic E-state index is 0.205. The van der Waals surface area contributed by atoms with E-state index < -0.39 is 11.2 Å². The molecule has 1 atom stereocenters. The number of nitrogens with zero attached hydrogens (tertiary/aromatic N) is 3. The average Bonchev–Trinajstić information content (AvgIpc) is 2.99. The molecule has 0 spiro atoms. The first-order valence-electron chi connectivity index (χ1n) is 5.42. The number of rotatable bonds is 4. The van der Waals surface area contributed by atoms with Crippen LogP contribution in [0.4, 0.5) is 0 Å². The molecular formula is C11H10N4O2S2. The van der Waals surface area contributed by atoms with Gasteiger partial charge in [-0.1, -0.05) is 0 Å². The second kappa shape index (κ2) is 5.16. The van der Waals surface area contributed by atoms with Gasteiger partial charge in [-0.2, -0.15) is 9.97 Å². The van der Waals surface area contributed by atoms with Crippen LogP contribution in [0.5, 0.6) is 5.88 Å². The zero-order chi connectivity index (χ0) is 13.2. The smallest absolute Gasteiger partial charge is 0.322 e. The van der Waals surface area contributed by atoms with Gasteiger partial charge in [-0.3, -0.25) is 4.98 Å². The number of aromatic nitrogens is 4. The van der Waals surface area contributed by atoms with Crippen LogP contribution in [0.3, 0.4) is 0 Å². The summed E-state index contributed by atoms with van der Waals surface area (Å²) in [5.74, 6) is 1.13. The van der Waals surface area contributed by atoms with Gasteiger partial charge in [0.25, 0.3) is 0 Å². The number of H-pyrrole nitrogens is 1. The Labute approximate surface area is 116 Å². The molecule has 3 rings (SSSR count). The van der Waals surface area contributed by atoms with Gasteiger partial charge < -0.3 is 9.29 Å². The van der Waals surface area contributed by atoms with Crippen molar-refractivity contribution in [2.45, 2.75) is 10.9 Å². The number of fused-ring (bicyclic) bond motifs is 1. The summed E-state index contributed by atoms with van der Waals surface area (Å²) in [5, 5.41) is 4.30. The molecule has 0 aromatic carbocycles. The van der Waals surface area contributed by atoms with Gasteiger partial charge in [-0.15, -0.1) is 11.3 Å². The van der Waals surface area contributed by atoms with Crippen molar-refractivity contribution in [2.75, 3.05) is 7.11 Å². The predicted molar refractivity (Wildman–Crippen MR) is 72.7 cm³/mol. The highest BCUT2D eigenvalue weighted by molar-refractivity contribution is 7.90. The summed E-state index contributed by atoms with van der Waals surface area (Å²) in [5.41, 5.74) is 1.74. The average molecular weight is 294 g/mol. The highest BCUT2D eigenvalue weighted by Gasteiger charge is 2.19. The van der Waals surface area contributed by atoms with Crippen molar-refractivity contribution >= 4 is 33.5 Å². The largest absolute Gasteiger partial charge is 0.609 e. The summed E-state index contributed by atoms with van der Waals surface area (Å²) < 4.78 is 17.2. The molecule has 19 heavy (non-hydrogen) atoms. The van der Waals surface area contributed by atoms with Crippen LogP contribution in [-0.2, 0) is 16.9 Å². The van der Waals surface area contributed by atoms with Crippen LogP contribution < -0.4 is 4.74 Å². The molecule has 3 aromatic heterocycles. The SMILES string of the molecule is COc1ccnc(C[S+]([O-])c2nc3cscc3[nH]2)n1. The molecule has 0 bridgehead atoms. The van der Waals surface area contributed by atoms with E-state index in [0.29, 0.717) is 16.9 Å². The van der Waals surface area contributed by atoms with E-state index in [9.17, 15) is 4.55 Å². The van der Waals surface area contributed by atoms with E-state index in [1.54, 1.807) is 23.6 Å². The molecule has 0 aliphatic heterocycles. The molecule has 3 aromatic rings. The zero-order valence-electron chi connectivity index (χ0n) is 9.99. The van der Waals surface area contributed by atoms with Gasteiger partial charge in [0.15, 0.2) is 11.6 Å². The normalized spacial score (nSPS) is 12.7. The minimum Gasteiger partial charge on any atom is -0.609 e. The summed E-state index contributed by atoms with van der Waals surface area (Å²) in [7, 11) is 1.53. The molecule has 1 N–H and O–H groups in total.